The fourth-order valence-electron chi connectivity index (χ4n) is 18.8. The minimum absolute atomic E-state index is 0. The monoisotopic (exact) mass is 2240 g/mol. The molecule has 13 nitrogen and oxygen atoms in total. The van der Waals surface area contributed by atoms with Gasteiger partial charge in [0, 0.05) is 110 Å². The van der Waals surface area contributed by atoms with Crippen LogP contribution in [0.1, 0.15) is 128 Å². The first-order valence-corrected chi connectivity index (χ1v) is 51.9. The van der Waals surface area contributed by atoms with Crippen LogP contribution >= 0.6 is 244 Å². The predicted octanol–water partition coefficient (Wildman–Crippen LogP) is 28.4. The van der Waals surface area contributed by atoms with Crippen molar-refractivity contribution in [3.05, 3.63) is 304 Å². The predicted molar refractivity (Wildman–Crippen MR) is 567 cm³/mol. The Morgan fingerprint density at radius 1 is 0.333 bits per heavy atom. The summed E-state index contributed by atoms with van der Waals surface area (Å²) < 4.78 is 4.73. The molecule has 9 aliphatic carbocycles. The number of nitrogens with one attached hydrogen (secondary N) is 1. The van der Waals surface area contributed by atoms with Crippen molar-refractivity contribution >= 4 is 244 Å². The summed E-state index contributed by atoms with van der Waals surface area (Å²) in [5.41, 5.74) is 32.7. The van der Waals surface area contributed by atoms with E-state index < -0.39 is 10.8 Å². The molecule has 0 amide bonds. The second-order valence-corrected chi connectivity index (χ2v) is 44.2. The van der Waals surface area contributed by atoms with Crippen LogP contribution in [-0.4, -0.2) is 116 Å². The second-order valence-electron chi connectivity index (χ2n) is 35.9. The van der Waals surface area contributed by atoms with E-state index in [-0.39, 0.29) is 79.2 Å². The number of ether oxygens (including phenoxy) is 1. The standard InChI is InChI=1S/C12H12Cl2.2C11H12Cl3N.2C11H13Cl2NO.2C11H9Cl2NO.C11H11Cl2N.C8H5Cl2N.C3H5ClO.CH4/c13-10-4-3-8(6-11(10)14)12-5-1-2-9(12)7-12;2*12-5-8-4-11(8,6-15)7-1-2-9(13)10(14)3-7;4*12-9-2-1-7(3-10(9)13)11(6-14)4-8(11)5-15;12-9-2-1-7(3-10(9)13)11-4-8(11)5-14-6-11;9-7-2-1-6(3-4-11)5-8(7)10;4-1-3-2-5-3;/h3-4,6,9H,1-2,5,7H2;2*1-3,8H,4-6,15H2;2*1-3,8,15H,4-6,14H2;2*1-3,8,15H,4-5H2;1-3,8,14H,4-6H2;1-2,5H,3H2;3H,1-2H2;1H4/t9-,12+;8-,11+;8-,11-;8-,11+;8-,11-;8-,11+;8-,11-;8-,11+;;3-;/m01111111.1./s1. The Morgan fingerprint density at radius 3 is 0.830 bits per heavy atom. The maximum absolute atomic E-state index is 9.14. The van der Waals surface area contributed by atoms with E-state index >= 15 is 0 Å². The van der Waals surface area contributed by atoms with Gasteiger partial charge in [-0.25, -0.2) is 0 Å². The molecule has 11 aliphatic rings. The molecule has 0 radical (unpaired) electrons. The topological polar surface area (TPSA) is 281 Å². The SMILES string of the molecule is C.ClC[C@@H]1CO1.Clc1ccc([C@]23CCC[C@H]2C3)cc1Cl.Clc1ccc([C@]23CNC[C@H]2C3)cc1Cl.N#CCc1ccc(Cl)c(Cl)c1.N#C[C@@]1(c2ccc(Cl)c(Cl)c2)C[C@@H]1CO.N#C[C@]1(c2ccc(Cl)c(Cl)c2)C[C@@H]1CO.NC[C@@]1(c2ccc(Cl)c(Cl)c2)C[C@@H]1CCl.NC[C@@]1(c2ccc(Cl)c(Cl)c2)C[C@@H]1CO.NC[C@]1(c2ccc(Cl)c(Cl)c2)C[C@@H]1CCl.NC[C@]1(c2ccc(Cl)c(Cl)c2)C[C@@H]1CO. The molecule has 20 rings (SSSR count). The normalized spacial score (nSPS) is 28.4. The van der Waals surface area contributed by atoms with Gasteiger partial charge in [-0.15, -0.1) is 34.8 Å². The number of halogens is 21. The third-order valence-electron chi connectivity index (χ3n) is 28.4. The number of hydrogen-bond acceptors (Lipinski definition) is 13. The van der Waals surface area contributed by atoms with Crippen molar-refractivity contribution in [3.8, 4) is 18.2 Å². The fourth-order valence-corrected chi connectivity index (χ4v) is 22.5. The first-order valence-electron chi connectivity index (χ1n) is 43.5. The smallest absolute Gasteiger partial charge is 0.0944 e. The van der Waals surface area contributed by atoms with Gasteiger partial charge in [0.25, 0.3) is 0 Å². The summed E-state index contributed by atoms with van der Waals surface area (Å²) in [6, 6.07) is 56.9. The molecule has 34 heteroatoms. The highest BCUT2D eigenvalue weighted by atomic mass is 35.5. The van der Waals surface area contributed by atoms with Crippen LogP contribution < -0.4 is 28.3 Å². The Balaban J connectivity index is 0.000000156. The molecule has 17 atom stereocenters. The van der Waals surface area contributed by atoms with Crippen molar-refractivity contribution in [2.75, 3.05) is 89.9 Å². The van der Waals surface area contributed by atoms with E-state index in [2.05, 4.69) is 35.7 Å². The third-order valence-corrected chi connectivity index (χ3v) is 36.1. The molecular formula is C101H105Cl21N8O5. The highest BCUT2D eigenvalue weighted by molar-refractivity contribution is 6.46. The van der Waals surface area contributed by atoms with Crippen molar-refractivity contribution < 1.29 is 25.2 Å². The molecule has 2 heterocycles. The molecule has 2 saturated heterocycles. The number of nitrogens with two attached hydrogens (primary N) is 4. The lowest BCUT2D eigenvalue weighted by Crippen LogP contribution is -2.23. The molecule has 0 spiro atoms. The molecule has 13 N–H and O–H groups in total. The minimum Gasteiger partial charge on any atom is -0.396 e. The van der Waals surface area contributed by atoms with E-state index in [1.165, 1.54) is 43.2 Å². The lowest BCUT2D eigenvalue weighted by atomic mass is 9.93. The average molecular weight is 2260 g/mol. The number of piperidine rings is 1. The number of hydrogen-bond donors (Lipinski definition) is 9. The Hall–Kier alpha value is -2.86. The van der Waals surface area contributed by atoms with Gasteiger partial charge in [-0.2, -0.15) is 15.8 Å². The van der Waals surface area contributed by atoms with E-state index in [1.54, 1.807) is 66.7 Å². The Morgan fingerprint density at radius 2 is 0.615 bits per heavy atom. The van der Waals surface area contributed by atoms with Gasteiger partial charge in [-0.1, -0.05) is 277 Å². The van der Waals surface area contributed by atoms with Crippen LogP contribution in [0, 0.1) is 81.3 Å². The Bertz CT molecular complexity index is 5300. The molecule has 11 fully saturated rings. The van der Waals surface area contributed by atoms with Crippen LogP contribution in [0.3, 0.4) is 0 Å². The molecule has 0 unspecified atom stereocenters. The summed E-state index contributed by atoms with van der Waals surface area (Å²) in [6.07, 6.45) is 12.9. The number of nitriles is 3. The van der Waals surface area contributed by atoms with Crippen molar-refractivity contribution in [1.29, 1.82) is 15.8 Å². The first-order chi connectivity index (χ1) is 63.9. The fraction of sp³-hybridized carbons (Fsp3) is 0.436. The number of nitrogens with zero attached hydrogens (tertiary/aromatic N) is 3. The zero-order chi connectivity index (χ0) is 97.8. The van der Waals surface area contributed by atoms with Crippen LogP contribution in [-0.2, 0) is 54.5 Å². The zero-order valence-electron chi connectivity index (χ0n) is 72.5. The quantitative estimate of drug-likeness (QED) is 0.0254. The summed E-state index contributed by atoms with van der Waals surface area (Å²) in [5.74, 6) is 5.25. The highest BCUT2D eigenvalue weighted by Gasteiger charge is 2.61. The lowest BCUT2D eigenvalue weighted by Gasteiger charge is -2.15. The van der Waals surface area contributed by atoms with Gasteiger partial charge in [-0.05, 0) is 271 Å². The molecule has 9 aromatic carbocycles. The van der Waals surface area contributed by atoms with Crippen molar-refractivity contribution in [2.24, 2.45) is 70.3 Å². The van der Waals surface area contributed by atoms with Crippen LogP contribution in [0.5, 0.6) is 0 Å². The zero-order valence-corrected chi connectivity index (χ0v) is 88.3. The summed E-state index contributed by atoms with van der Waals surface area (Å²) in [7, 11) is 0. The van der Waals surface area contributed by atoms with Crippen LogP contribution in [0.4, 0.5) is 0 Å². The molecule has 726 valence electrons. The van der Waals surface area contributed by atoms with E-state index in [0.29, 0.717) is 182 Å². The summed E-state index contributed by atoms with van der Waals surface area (Å²) >= 11 is 123. The van der Waals surface area contributed by atoms with E-state index in [9.17, 15) is 0 Å². The molecule has 135 heavy (non-hydrogen) atoms. The highest BCUT2D eigenvalue weighted by Crippen LogP contribution is 2.66. The number of alkyl halides is 3. The number of rotatable bonds is 20. The van der Waals surface area contributed by atoms with E-state index in [1.807, 2.05) is 84.9 Å². The largest absolute Gasteiger partial charge is 0.396 e. The van der Waals surface area contributed by atoms with Crippen molar-refractivity contribution in [3.63, 3.8) is 0 Å². The Labute approximate surface area is 897 Å². The first kappa shape index (κ1) is 114. The van der Waals surface area contributed by atoms with Crippen LogP contribution in [0.25, 0.3) is 0 Å². The third kappa shape index (κ3) is 26.7. The molecule has 9 saturated carbocycles. The molecule has 2 aliphatic heterocycles. The average Bonchev–Trinajstić information content (AvgIpc) is 1.56. The summed E-state index contributed by atoms with van der Waals surface area (Å²) in [4.78, 5) is 0. The number of epoxide rings is 1. The van der Waals surface area contributed by atoms with Gasteiger partial charge in [0.1, 0.15) is 0 Å². The molecule has 0 aromatic heterocycles. The summed E-state index contributed by atoms with van der Waals surface area (Å²) in [6.45, 7) is 5.85. The van der Waals surface area contributed by atoms with Gasteiger partial charge in [0.15, 0.2) is 0 Å². The van der Waals surface area contributed by atoms with Crippen molar-refractivity contribution in [2.45, 2.75) is 134 Å². The molecule has 9 aromatic rings. The summed E-state index contributed by atoms with van der Waals surface area (Å²) in [5, 5.41) is 76.5. The maximum Gasteiger partial charge on any atom is 0.0944 e. The second kappa shape index (κ2) is 49.8. The Kier molecular flexibility index (Phi) is 42.1. The number of fused-ring (bicyclic) bond motifs is 2. The van der Waals surface area contributed by atoms with Gasteiger partial charge in [0.2, 0.25) is 0 Å². The lowest BCUT2D eigenvalue weighted by molar-refractivity contribution is 0.264. The van der Waals surface area contributed by atoms with Gasteiger partial charge >= 0.3 is 0 Å². The number of aliphatic hydroxyl groups excluding tert-OH is 4. The maximum atomic E-state index is 9.14. The molecule has 0 bridgehead atoms. The van der Waals surface area contributed by atoms with Gasteiger partial charge < -0.3 is 53.4 Å². The number of benzene rings is 9. The number of aliphatic hydroxyl groups is 4. The van der Waals surface area contributed by atoms with Gasteiger partial charge in [-0.3, -0.25) is 0 Å². The van der Waals surface area contributed by atoms with Crippen LogP contribution in [0.15, 0.2) is 164 Å². The van der Waals surface area contributed by atoms with Crippen LogP contribution in [0.2, 0.25) is 90.4 Å². The van der Waals surface area contributed by atoms with Gasteiger partial charge in [0.05, 0.1) is 144 Å². The molecular weight excluding hydrogens is 2150 g/mol. The van der Waals surface area contributed by atoms with E-state index in [0.717, 1.165) is 96.2 Å². The minimum atomic E-state index is -0.553. The van der Waals surface area contributed by atoms with Crippen molar-refractivity contribution in [1.82, 2.24) is 5.32 Å². The van der Waals surface area contributed by atoms with E-state index in [4.69, 9.17) is 308 Å².